The van der Waals surface area contributed by atoms with E-state index in [0.717, 1.165) is 38.5 Å². The van der Waals surface area contributed by atoms with E-state index in [2.05, 4.69) is 0 Å². The molecule has 0 heterocycles. The van der Waals surface area contributed by atoms with Crippen LogP contribution in [0, 0.1) is 11.8 Å². The largest absolute Gasteiger partial charge is 0.462 e. The number of carbonyl (C=O) groups excluding carboxylic acids is 1. The number of rotatable bonds is 5. The Morgan fingerprint density at radius 1 is 1.05 bits per heavy atom. The van der Waals surface area contributed by atoms with Crippen LogP contribution in [0.5, 0.6) is 0 Å². The topological polar surface area (TPSA) is 46.5 Å². The van der Waals surface area contributed by atoms with Crippen molar-refractivity contribution in [1.82, 2.24) is 0 Å². The Morgan fingerprint density at radius 3 is 2.15 bits per heavy atom. The summed E-state index contributed by atoms with van der Waals surface area (Å²) < 4.78 is 5.84. The fourth-order valence-corrected chi connectivity index (χ4v) is 3.76. The monoisotopic (exact) mass is 282 g/mol. The molecule has 0 aliphatic heterocycles. The number of carbonyl (C=O) groups is 1. The van der Waals surface area contributed by atoms with Gasteiger partial charge in [-0.2, -0.15) is 0 Å². The summed E-state index contributed by atoms with van der Waals surface area (Å²) >= 11 is 0. The minimum atomic E-state index is -0.388. The molecule has 2 rings (SSSR count). The Bertz CT molecular complexity index is 289. The van der Waals surface area contributed by atoms with Crippen LogP contribution in [0.1, 0.15) is 77.6 Å². The highest BCUT2D eigenvalue weighted by Gasteiger charge is 2.31. The Labute approximate surface area is 123 Å². The molecule has 0 aromatic carbocycles. The average molecular weight is 282 g/mol. The molecule has 0 aromatic rings. The van der Waals surface area contributed by atoms with E-state index in [4.69, 9.17) is 4.74 Å². The van der Waals surface area contributed by atoms with Gasteiger partial charge in [-0.25, -0.2) is 0 Å². The highest BCUT2D eigenvalue weighted by molar-refractivity contribution is 5.72. The number of ether oxygens (including phenoxy) is 1. The van der Waals surface area contributed by atoms with Crippen molar-refractivity contribution in [3.63, 3.8) is 0 Å². The van der Waals surface area contributed by atoms with Crippen molar-refractivity contribution in [3.05, 3.63) is 0 Å². The summed E-state index contributed by atoms with van der Waals surface area (Å²) in [6.07, 6.45) is 11.8. The molecule has 0 amide bonds. The maximum atomic E-state index is 12.3. The van der Waals surface area contributed by atoms with Crippen LogP contribution in [-0.4, -0.2) is 23.3 Å². The summed E-state index contributed by atoms with van der Waals surface area (Å²) in [6, 6.07) is 0. The van der Waals surface area contributed by atoms with Crippen molar-refractivity contribution in [2.45, 2.75) is 89.8 Å². The van der Waals surface area contributed by atoms with Gasteiger partial charge in [-0.05, 0) is 38.5 Å². The zero-order chi connectivity index (χ0) is 14.4. The van der Waals surface area contributed by atoms with E-state index in [9.17, 15) is 9.90 Å². The van der Waals surface area contributed by atoms with Crippen LogP contribution in [0.3, 0.4) is 0 Å². The first-order valence-corrected chi connectivity index (χ1v) is 8.55. The van der Waals surface area contributed by atoms with Crippen molar-refractivity contribution in [2.75, 3.05) is 0 Å². The SMILES string of the molecule is C[C@H](O)C[C@@H](OC(=O)C1CCCCC1)C1CCCCC1. The van der Waals surface area contributed by atoms with Gasteiger partial charge in [-0.1, -0.05) is 38.5 Å². The smallest absolute Gasteiger partial charge is 0.309 e. The van der Waals surface area contributed by atoms with E-state index in [0.29, 0.717) is 12.3 Å². The lowest BCUT2D eigenvalue weighted by Gasteiger charge is -2.32. The average Bonchev–Trinajstić information content (AvgIpc) is 2.48. The maximum Gasteiger partial charge on any atom is 0.309 e. The lowest BCUT2D eigenvalue weighted by Crippen LogP contribution is -2.34. The molecular weight excluding hydrogens is 252 g/mol. The molecule has 116 valence electrons. The standard InChI is InChI=1S/C17H30O3/c1-13(18)12-16(14-8-4-2-5-9-14)20-17(19)15-10-6-3-7-11-15/h13-16,18H,2-12H2,1H3/t13-,16+/m0/s1. The fourth-order valence-electron chi connectivity index (χ4n) is 3.76. The van der Waals surface area contributed by atoms with Gasteiger partial charge in [0.05, 0.1) is 12.0 Å². The van der Waals surface area contributed by atoms with Crippen molar-refractivity contribution in [1.29, 1.82) is 0 Å². The molecule has 3 nitrogen and oxygen atoms in total. The van der Waals surface area contributed by atoms with E-state index in [1.807, 2.05) is 0 Å². The highest BCUT2D eigenvalue weighted by Crippen LogP contribution is 2.32. The minimum absolute atomic E-state index is 0.000855. The normalized spacial score (nSPS) is 25.1. The van der Waals surface area contributed by atoms with Gasteiger partial charge in [0.15, 0.2) is 0 Å². The van der Waals surface area contributed by atoms with Crippen LogP contribution in [-0.2, 0) is 9.53 Å². The maximum absolute atomic E-state index is 12.3. The fraction of sp³-hybridized carbons (Fsp3) is 0.941. The molecule has 2 fully saturated rings. The lowest BCUT2D eigenvalue weighted by molar-refractivity contribution is -0.160. The molecular formula is C17H30O3. The number of hydrogen-bond acceptors (Lipinski definition) is 3. The quantitative estimate of drug-likeness (QED) is 0.780. The second kappa shape index (κ2) is 8.02. The number of esters is 1. The third kappa shape index (κ3) is 4.76. The van der Waals surface area contributed by atoms with Crippen LogP contribution < -0.4 is 0 Å². The van der Waals surface area contributed by atoms with Crippen LogP contribution in [0.4, 0.5) is 0 Å². The second-order valence-corrected chi connectivity index (χ2v) is 6.79. The number of aliphatic hydroxyl groups excluding tert-OH is 1. The molecule has 0 aromatic heterocycles. The first-order valence-electron chi connectivity index (χ1n) is 8.55. The van der Waals surface area contributed by atoms with Gasteiger partial charge < -0.3 is 9.84 Å². The van der Waals surface area contributed by atoms with Gasteiger partial charge in [0.1, 0.15) is 6.10 Å². The van der Waals surface area contributed by atoms with Crippen molar-refractivity contribution in [2.24, 2.45) is 11.8 Å². The molecule has 2 saturated carbocycles. The Kier molecular flexibility index (Phi) is 6.34. The summed E-state index contributed by atoms with van der Waals surface area (Å²) in [6.45, 7) is 1.80. The van der Waals surface area contributed by atoms with Gasteiger partial charge >= 0.3 is 5.97 Å². The predicted molar refractivity (Wildman–Crippen MR) is 79.3 cm³/mol. The summed E-state index contributed by atoms with van der Waals surface area (Å²) in [4.78, 5) is 12.3. The van der Waals surface area contributed by atoms with Gasteiger partial charge in [0.25, 0.3) is 0 Å². The van der Waals surface area contributed by atoms with E-state index in [1.54, 1.807) is 6.92 Å². The molecule has 0 radical (unpaired) electrons. The molecule has 1 N–H and O–H groups in total. The summed E-state index contributed by atoms with van der Waals surface area (Å²) in [5.41, 5.74) is 0. The van der Waals surface area contributed by atoms with E-state index >= 15 is 0 Å². The predicted octanol–water partition coefficient (Wildman–Crippen LogP) is 3.83. The summed E-state index contributed by atoms with van der Waals surface area (Å²) in [5.74, 6) is 0.579. The van der Waals surface area contributed by atoms with Crippen LogP contribution >= 0.6 is 0 Å². The van der Waals surface area contributed by atoms with E-state index in [-0.39, 0.29) is 24.1 Å². The zero-order valence-corrected chi connectivity index (χ0v) is 12.9. The molecule has 0 bridgehead atoms. The van der Waals surface area contributed by atoms with E-state index in [1.165, 1.54) is 25.7 Å². The lowest BCUT2D eigenvalue weighted by atomic mass is 9.83. The van der Waals surface area contributed by atoms with Crippen LogP contribution in [0.25, 0.3) is 0 Å². The third-order valence-corrected chi connectivity index (χ3v) is 4.96. The van der Waals surface area contributed by atoms with Crippen molar-refractivity contribution in [3.8, 4) is 0 Å². The first kappa shape index (κ1) is 15.8. The van der Waals surface area contributed by atoms with Gasteiger partial charge in [-0.3, -0.25) is 4.79 Å². The van der Waals surface area contributed by atoms with Gasteiger partial charge in [0, 0.05) is 6.42 Å². The number of aliphatic hydroxyl groups is 1. The number of hydrogen-bond donors (Lipinski definition) is 1. The molecule has 20 heavy (non-hydrogen) atoms. The Hall–Kier alpha value is -0.570. The third-order valence-electron chi connectivity index (χ3n) is 4.96. The molecule has 2 atom stereocenters. The molecule has 0 unspecified atom stereocenters. The van der Waals surface area contributed by atoms with Crippen LogP contribution in [0.2, 0.25) is 0 Å². The molecule has 3 heteroatoms. The van der Waals surface area contributed by atoms with Crippen LogP contribution in [0.15, 0.2) is 0 Å². The Balaban J connectivity index is 1.89. The van der Waals surface area contributed by atoms with Crippen molar-refractivity contribution >= 4 is 5.97 Å². The molecule has 2 aliphatic carbocycles. The molecule has 0 saturated heterocycles. The van der Waals surface area contributed by atoms with Crippen molar-refractivity contribution < 1.29 is 14.6 Å². The highest BCUT2D eigenvalue weighted by atomic mass is 16.5. The van der Waals surface area contributed by atoms with E-state index < -0.39 is 0 Å². The minimum Gasteiger partial charge on any atom is -0.462 e. The summed E-state index contributed by atoms with van der Waals surface area (Å²) in [5, 5.41) is 9.69. The molecule has 0 spiro atoms. The van der Waals surface area contributed by atoms with Gasteiger partial charge in [0.2, 0.25) is 0 Å². The first-order chi connectivity index (χ1) is 9.66. The Morgan fingerprint density at radius 2 is 1.60 bits per heavy atom. The van der Waals surface area contributed by atoms with Gasteiger partial charge in [-0.15, -0.1) is 0 Å². The summed E-state index contributed by atoms with van der Waals surface area (Å²) in [7, 11) is 0. The zero-order valence-electron chi connectivity index (χ0n) is 12.9. The molecule has 2 aliphatic rings. The second-order valence-electron chi connectivity index (χ2n) is 6.79.